The van der Waals surface area contributed by atoms with Gasteiger partial charge in [0.15, 0.2) is 0 Å². The van der Waals surface area contributed by atoms with Crippen LogP contribution in [0.5, 0.6) is 5.75 Å². The van der Waals surface area contributed by atoms with Gasteiger partial charge in [0.05, 0.1) is 30.0 Å². The maximum atomic E-state index is 6.12. The second kappa shape index (κ2) is 6.38. The molecular weight excluding hydrogens is 335 g/mol. The van der Waals surface area contributed by atoms with Crippen LogP contribution in [0.15, 0.2) is 24.3 Å². The van der Waals surface area contributed by atoms with E-state index in [1.807, 2.05) is 0 Å². The van der Waals surface area contributed by atoms with Crippen LogP contribution in [0, 0.1) is 0 Å². The third kappa shape index (κ3) is 3.16. The largest absolute Gasteiger partial charge is 0.447 e. The van der Waals surface area contributed by atoms with Crippen molar-refractivity contribution in [1.82, 2.24) is 4.90 Å². The highest BCUT2D eigenvalue weighted by Gasteiger charge is 2.59. The Morgan fingerprint density at radius 3 is 2.12 bits per heavy atom. The lowest BCUT2D eigenvalue weighted by molar-refractivity contribution is -0.0660. The molecule has 3 fully saturated rings. The number of rotatable bonds is 4. The zero-order valence-corrected chi connectivity index (χ0v) is 16.6. The third-order valence-electron chi connectivity index (χ3n) is 6.08. The second-order valence-electron chi connectivity index (χ2n) is 8.22. The molecule has 3 aliphatic rings. The highest BCUT2D eigenvalue weighted by Crippen LogP contribution is 2.68. The number of benzene rings is 1. The average Bonchev–Trinajstić information content (AvgIpc) is 2.54. The van der Waals surface area contributed by atoms with E-state index in [4.69, 9.17) is 13.8 Å². The molecule has 1 atom stereocenters. The van der Waals surface area contributed by atoms with Crippen molar-refractivity contribution in [2.75, 3.05) is 44.3 Å². The molecule has 0 aliphatic carbocycles. The van der Waals surface area contributed by atoms with Gasteiger partial charge in [-0.1, -0.05) is 0 Å². The first-order valence-corrected chi connectivity index (χ1v) is 10.4. The number of piperazine rings is 1. The SMILES string of the molecule is CC1(C)OP(Oc2ccc(N3CCN(C4COC4)CC3)cc2)C1(C)C. The Hall–Kier alpha value is -0.870. The van der Waals surface area contributed by atoms with E-state index in [-0.39, 0.29) is 10.8 Å². The zero-order chi connectivity index (χ0) is 17.7. The molecule has 0 amide bonds. The summed E-state index contributed by atoms with van der Waals surface area (Å²) in [7, 11) is -0.870. The van der Waals surface area contributed by atoms with Crippen molar-refractivity contribution in [3.63, 3.8) is 0 Å². The van der Waals surface area contributed by atoms with Crippen LogP contribution < -0.4 is 9.42 Å². The van der Waals surface area contributed by atoms with E-state index in [0.29, 0.717) is 6.04 Å². The van der Waals surface area contributed by atoms with E-state index in [2.05, 4.69) is 61.8 Å². The van der Waals surface area contributed by atoms with Crippen molar-refractivity contribution in [2.24, 2.45) is 0 Å². The Balaban J connectivity index is 1.32. The van der Waals surface area contributed by atoms with Crippen LogP contribution in [0.25, 0.3) is 0 Å². The fourth-order valence-electron chi connectivity index (χ4n) is 3.34. The van der Waals surface area contributed by atoms with Gasteiger partial charge < -0.3 is 18.7 Å². The third-order valence-corrected chi connectivity index (χ3v) is 8.53. The van der Waals surface area contributed by atoms with Crippen LogP contribution in [0.4, 0.5) is 5.69 Å². The number of nitrogens with zero attached hydrogens (tertiary/aromatic N) is 2. The van der Waals surface area contributed by atoms with E-state index in [0.717, 1.165) is 45.1 Å². The molecule has 0 saturated carbocycles. The minimum absolute atomic E-state index is 0.0720. The molecule has 1 unspecified atom stereocenters. The lowest BCUT2D eigenvalue weighted by Gasteiger charge is -2.55. The van der Waals surface area contributed by atoms with Crippen LogP contribution in [-0.2, 0) is 9.26 Å². The van der Waals surface area contributed by atoms with Crippen LogP contribution in [0.1, 0.15) is 27.7 Å². The summed E-state index contributed by atoms with van der Waals surface area (Å²) in [5.41, 5.74) is 1.17. The van der Waals surface area contributed by atoms with Crippen molar-refractivity contribution in [3.8, 4) is 5.75 Å². The van der Waals surface area contributed by atoms with E-state index < -0.39 is 8.38 Å². The topological polar surface area (TPSA) is 34.2 Å². The van der Waals surface area contributed by atoms with Gasteiger partial charge in [0, 0.05) is 31.9 Å². The predicted octanol–water partition coefficient (Wildman–Crippen LogP) is 3.49. The van der Waals surface area contributed by atoms with Gasteiger partial charge in [-0.25, -0.2) is 0 Å². The molecule has 4 rings (SSSR count). The van der Waals surface area contributed by atoms with Gasteiger partial charge in [-0.05, 0) is 52.0 Å². The van der Waals surface area contributed by atoms with E-state index in [1.165, 1.54) is 5.69 Å². The zero-order valence-electron chi connectivity index (χ0n) is 15.7. The molecule has 0 radical (unpaired) electrons. The molecule has 138 valence electrons. The first-order chi connectivity index (χ1) is 11.9. The smallest absolute Gasteiger partial charge is 0.239 e. The Morgan fingerprint density at radius 1 is 1.00 bits per heavy atom. The van der Waals surface area contributed by atoms with Crippen LogP contribution >= 0.6 is 8.38 Å². The molecule has 25 heavy (non-hydrogen) atoms. The summed E-state index contributed by atoms with van der Waals surface area (Å²) in [6, 6.07) is 9.15. The lowest BCUT2D eigenvalue weighted by Crippen LogP contribution is -2.56. The molecule has 6 heteroatoms. The van der Waals surface area contributed by atoms with Gasteiger partial charge in [0.1, 0.15) is 5.75 Å². The average molecular weight is 364 g/mol. The molecule has 1 aromatic carbocycles. The van der Waals surface area contributed by atoms with Crippen molar-refractivity contribution >= 4 is 14.1 Å². The number of ether oxygens (including phenoxy) is 1. The maximum Gasteiger partial charge on any atom is 0.239 e. The molecule has 0 spiro atoms. The number of hydrogen-bond acceptors (Lipinski definition) is 5. The molecule has 0 N–H and O–H groups in total. The summed E-state index contributed by atoms with van der Waals surface area (Å²) in [5.74, 6) is 0.906. The quantitative estimate of drug-likeness (QED) is 0.764. The summed E-state index contributed by atoms with van der Waals surface area (Å²) in [4.78, 5) is 5.01. The van der Waals surface area contributed by atoms with Gasteiger partial charge in [-0.15, -0.1) is 0 Å². The lowest BCUT2D eigenvalue weighted by atomic mass is 9.93. The van der Waals surface area contributed by atoms with Gasteiger partial charge >= 0.3 is 0 Å². The number of anilines is 1. The summed E-state index contributed by atoms with van der Waals surface area (Å²) in [5, 5.41) is 0.0720. The molecular formula is C19H29N2O3P. The molecule has 0 bridgehead atoms. The van der Waals surface area contributed by atoms with E-state index in [1.54, 1.807) is 0 Å². The Morgan fingerprint density at radius 2 is 1.64 bits per heavy atom. The molecule has 3 aliphatic heterocycles. The highest BCUT2D eigenvalue weighted by atomic mass is 31.2. The van der Waals surface area contributed by atoms with Crippen molar-refractivity contribution in [2.45, 2.75) is 44.5 Å². The van der Waals surface area contributed by atoms with E-state index >= 15 is 0 Å². The Kier molecular flexibility index (Phi) is 4.48. The minimum Gasteiger partial charge on any atom is -0.447 e. The Labute approximate surface area is 152 Å². The molecule has 1 aromatic rings. The van der Waals surface area contributed by atoms with E-state index in [9.17, 15) is 0 Å². The van der Waals surface area contributed by atoms with Gasteiger partial charge in [0.2, 0.25) is 8.38 Å². The standard InChI is InChI=1S/C19H29N2O3P/c1-18(2)19(3,4)25(24-18)23-17-7-5-15(6-8-17)20-9-11-21(12-10-20)16-13-22-14-16/h5-8,16H,9-14H2,1-4H3. The van der Waals surface area contributed by atoms with Crippen LogP contribution in [0.3, 0.4) is 0 Å². The summed E-state index contributed by atoms with van der Waals surface area (Å²) >= 11 is 0. The van der Waals surface area contributed by atoms with Gasteiger partial charge in [-0.3, -0.25) is 4.90 Å². The molecule has 0 aromatic heterocycles. The maximum absolute atomic E-state index is 6.12. The molecule has 3 saturated heterocycles. The summed E-state index contributed by atoms with van der Waals surface area (Å²) in [6.07, 6.45) is 0. The Bertz CT molecular complexity index is 608. The van der Waals surface area contributed by atoms with Crippen molar-refractivity contribution in [3.05, 3.63) is 24.3 Å². The first-order valence-electron chi connectivity index (χ1n) is 9.21. The van der Waals surface area contributed by atoms with Crippen LogP contribution in [0.2, 0.25) is 0 Å². The summed E-state index contributed by atoms with van der Waals surface area (Å²) < 4.78 is 17.4. The van der Waals surface area contributed by atoms with Gasteiger partial charge in [-0.2, -0.15) is 0 Å². The normalized spacial score (nSPS) is 29.0. The fraction of sp³-hybridized carbons (Fsp3) is 0.684. The number of hydrogen-bond donors (Lipinski definition) is 0. The van der Waals surface area contributed by atoms with Crippen molar-refractivity contribution < 1.29 is 13.8 Å². The predicted molar refractivity (Wildman–Crippen MR) is 102 cm³/mol. The second-order valence-corrected chi connectivity index (χ2v) is 10.2. The van der Waals surface area contributed by atoms with Crippen LogP contribution in [-0.4, -0.2) is 61.1 Å². The molecule has 5 nitrogen and oxygen atoms in total. The van der Waals surface area contributed by atoms with Crippen molar-refractivity contribution in [1.29, 1.82) is 0 Å². The molecule has 3 heterocycles. The first kappa shape index (κ1) is 17.5. The minimum atomic E-state index is -0.870. The fourth-order valence-corrected chi connectivity index (χ4v) is 5.15. The monoisotopic (exact) mass is 364 g/mol. The van der Waals surface area contributed by atoms with Gasteiger partial charge in [0.25, 0.3) is 0 Å². The highest BCUT2D eigenvalue weighted by molar-refractivity contribution is 7.51. The summed E-state index contributed by atoms with van der Waals surface area (Å²) in [6.45, 7) is 14.9.